The van der Waals surface area contributed by atoms with Gasteiger partial charge >= 0.3 is 0 Å². The Kier molecular flexibility index (Phi) is 3.99. The first-order valence-electron chi connectivity index (χ1n) is 8.65. The van der Waals surface area contributed by atoms with E-state index in [4.69, 9.17) is 4.52 Å². The fraction of sp³-hybridized carbons (Fsp3) is 0.444. The summed E-state index contributed by atoms with van der Waals surface area (Å²) in [6.07, 6.45) is 3.92. The Labute approximate surface area is 146 Å². The second kappa shape index (κ2) is 6.31. The normalized spacial score (nSPS) is 15.7. The van der Waals surface area contributed by atoms with Crippen LogP contribution in [-0.2, 0) is 0 Å². The summed E-state index contributed by atoms with van der Waals surface area (Å²) in [5.41, 5.74) is 3.12. The van der Waals surface area contributed by atoms with Crippen molar-refractivity contribution in [3.8, 4) is 5.69 Å². The van der Waals surface area contributed by atoms with Crippen molar-refractivity contribution in [2.24, 2.45) is 0 Å². The van der Waals surface area contributed by atoms with Crippen LogP contribution in [0.2, 0.25) is 0 Å². The van der Waals surface area contributed by atoms with Crippen molar-refractivity contribution in [2.45, 2.75) is 39.5 Å². The first kappa shape index (κ1) is 15.8. The molecule has 0 aliphatic carbocycles. The fourth-order valence-electron chi connectivity index (χ4n) is 3.43. The molecule has 0 aromatic carbocycles. The number of pyridine rings is 1. The van der Waals surface area contributed by atoms with E-state index in [0.29, 0.717) is 11.8 Å². The molecule has 0 bridgehead atoms. The predicted molar refractivity (Wildman–Crippen MR) is 94.1 cm³/mol. The molecule has 0 radical (unpaired) electrons. The largest absolute Gasteiger partial charge is 0.357 e. The van der Waals surface area contributed by atoms with Crippen molar-refractivity contribution in [2.75, 3.05) is 18.0 Å². The second-order valence-corrected chi connectivity index (χ2v) is 6.65. The van der Waals surface area contributed by atoms with Gasteiger partial charge in [-0.05, 0) is 44.9 Å². The monoisotopic (exact) mass is 338 g/mol. The summed E-state index contributed by atoms with van der Waals surface area (Å²) in [6.45, 7) is 7.79. The fourth-order valence-corrected chi connectivity index (χ4v) is 3.43. The molecule has 25 heavy (non-hydrogen) atoms. The average molecular weight is 338 g/mol. The molecule has 4 rings (SSSR count). The van der Waals surface area contributed by atoms with Gasteiger partial charge in [0.1, 0.15) is 5.82 Å². The van der Waals surface area contributed by atoms with E-state index in [1.54, 1.807) is 0 Å². The number of nitrogens with zero attached hydrogens (tertiary/aromatic N) is 6. The van der Waals surface area contributed by atoms with E-state index in [0.717, 1.165) is 54.6 Å². The van der Waals surface area contributed by atoms with E-state index in [1.807, 2.05) is 24.7 Å². The van der Waals surface area contributed by atoms with Gasteiger partial charge in [-0.1, -0.05) is 5.16 Å². The van der Waals surface area contributed by atoms with E-state index in [-0.39, 0.29) is 0 Å². The highest BCUT2D eigenvalue weighted by Gasteiger charge is 2.24. The van der Waals surface area contributed by atoms with Crippen LogP contribution >= 0.6 is 0 Å². The number of aromatic nitrogens is 5. The highest BCUT2D eigenvalue weighted by molar-refractivity contribution is 5.44. The van der Waals surface area contributed by atoms with E-state index in [1.165, 1.54) is 0 Å². The molecule has 130 valence electrons. The lowest BCUT2D eigenvalue weighted by Gasteiger charge is -2.31. The van der Waals surface area contributed by atoms with Gasteiger partial charge in [0.15, 0.2) is 5.82 Å². The maximum absolute atomic E-state index is 5.10. The van der Waals surface area contributed by atoms with Crippen molar-refractivity contribution in [3.05, 3.63) is 47.5 Å². The van der Waals surface area contributed by atoms with Crippen molar-refractivity contribution >= 4 is 5.82 Å². The van der Waals surface area contributed by atoms with Crippen molar-refractivity contribution < 1.29 is 4.52 Å². The van der Waals surface area contributed by atoms with Crippen LogP contribution in [-0.4, -0.2) is 38.0 Å². The zero-order valence-electron chi connectivity index (χ0n) is 14.8. The molecule has 0 saturated carbocycles. The van der Waals surface area contributed by atoms with Gasteiger partial charge in [-0.15, -0.1) is 0 Å². The molecule has 4 heterocycles. The number of hydrogen-bond acceptors (Lipinski definition) is 6. The quantitative estimate of drug-likeness (QED) is 0.731. The van der Waals surface area contributed by atoms with Crippen LogP contribution in [0.15, 0.2) is 28.9 Å². The van der Waals surface area contributed by atoms with Gasteiger partial charge in [-0.3, -0.25) is 0 Å². The summed E-state index contributed by atoms with van der Waals surface area (Å²) in [7, 11) is 0. The molecule has 1 fully saturated rings. The third-order valence-corrected chi connectivity index (χ3v) is 4.71. The Morgan fingerprint density at radius 2 is 1.92 bits per heavy atom. The summed E-state index contributed by atoms with van der Waals surface area (Å²) < 4.78 is 7.03. The Balaban J connectivity index is 1.44. The molecule has 1 aliphatic rings. The minimum atomic E-state index is 0.377. The summed E-state index contributed by atoms with van der Waals surface area (Å²) >= 11 is 0. The van der Waals surface area contributed by atoms with Crippen LogP contribution in [0.4, 0.5) is 5.82 Å². The van der Waals surface area contributed by atoms with Crippen molar-refractivity contribution in [3.63, 3.8) is 0 Å². The van der Waals surface area contributed by atoms with Gasteiger partial charge in [0, 0.05) is 31.6 Å². The Bertz CT molecular complexity index is 858. The maximum Gasteiger partial charge on any atom is 0.223 e. The minimum Gasteiger partial charge on any atom is -0.357 e. The van der Waals surface area contributed by atoms with Gasteiger partial charge in [-0.2, -0.15) is 10.1 Å². The number of rotatable bonds is 3. The molecule has 0 N–H and O–H groups in total. The number of piperidine rings is 1. The van der Waals surface area contributed by atoms with Crippen molar-refractivity contribution in [1.29, 1.82) is 0 Å². The average Bonchev–Trinajstić information content (AvgIpc) is 3.20. The zero-order chi connectivity index (χ0) is 17.4. The van der Waals surface area contributed by atoms with E-state index >= 15 is 0 Å². The Hall–Kier alpha value is -2.70. The van der Waals surface area contributed by atoms with E-state index in [9.17, 15) is 0 Å². The summed E-state index contributed by atoms with van der Waals surface area (Å²) in [5.74, 6) is 2.86. The van der Waals surface area contributed by atoms with Crippen molar-refractivity contribution in [1.82, 2.24) is 24.9 Å². The maximum atomic E-state index is 5.10. The molecule has 3 aromatic rings. The van der Waals surface area contributed by atoms with Gasteiger partial charge < -0.3 is 9.42 Å². The smallest absolute Gasteiger partial charge is 0.223 e. The van der Waals surface area contributed by atoms with Crippen LogP contribution in [0.5, 0.6) is 0 Å². The Morgan fingerprint density at radius 3 is 2.48 bits per heavy atom. The highest BCUT2D eigenvalue weighted by atomic mass is 16.5. The molecule has 7 nitrogen and oxygen atoms in total. The molecule has 1 saturated heterocycles. The SMILES string of the molecule is Cc1cc(C)n(-c2ccc(N3CCC(c4noc(C)n4)CC3)nc2)n1. The van der Waals surface area contributed by atoms with Gasteiger partial charge in [-0.25, -0.2) is 9.67 Å². The lowest BCUT2D eigenvalue weighted by molar-refractivity contribution is 0.375. The molecular formula is C18H22N6O. The summed E-state index contributed by atoms with van der Waals surface area (Å²) in [4.78, 5) is 11.3. The molecule has 0 unspecified atom stereocenters. The van der Waals surface area contributed by atoms with Crippen LogP contribution in [0.3, 0.4) is 0 Å². The Morgan fingerprint density at radius 1 is 1.12 bits per heavy atom. The number of anilines is 1. The zero-order valence-corrected chi connectivity index (χ0v) is 14.8. The first-order valence-corrected chi connectivity index (χ1v) is 8.65. The minimum absolute atomic E-state index is 0.377. The lowest BCUT2D eigenvalue weighted by Crippen LogP contribution is -2.33. The predicted octanol–water partition coefficient (Wildman–Crippen LogP) is 2.96. The molecule has 1 aliphatic heterocycles. The van der Waals surface area contributed by atoms with E-state index < -0.39 is 0 Å². The standard InChI is InChI=1S/C18H22N6O/c1-12-10-13(2)24(21-12)16-4-5-17(19-11-16)23-8-6-15(7-9-23)18-20-14(3)25-22-18/h4-5,10-11,15H,6-9H2,1-3H3. The molecule has 7 heteroatoms. The van der Waals surface area contributed by atoms with Crippen LogP contribution in [0.25, 0.3) is 5.69 Å². The van der Waals surface area contributed by atoms with Gasteiger partial charge in [0.25, 0.3) is 0 Å². The van der Waals surface area contributed by atoms with Gasteiger partial charge in [0.05, 0.1) is 17.6 Å². The first-order chi connectivity index (χ1) is 12.1. The summed E-state index contributed by atoms with van der Waals surface area (Å²) in [6, 6.07) is 6.22. The van der Waals surface area contributed by atoms with E-state index in [2.05, 4.69) is 50.2 Å². The molecule has 0 atom stereocenters. The number of hydrogen-bond donors (Lipinski definition) is 0. The summed E-state index contributed by atoms with van der Waals surface area (Å²) in [5, 5.41) is 8.57. The highest BCUT2D eigenvalue weighted by Crippen LogP contribution is 2.28. The number of aryl methyl sites for hydroxylation is 3. The molecule has 3 aromatic heterocycles. The lowest BCUT2D eigenvalue weighted by atomic mass is 9.96. The van der Waals surface area contributed by atoms with Gasteiger partial charge in [0.2, 0.25) is 5.89 Å². The third kappa shape index (κ3) is 3.14. The second-order valence-electron chi connectivity index (χ2n) is 6.65. The molecular weight excluding hydrogens is 316 g/mol. The molecule has 0 spiro atoms. The third-order valence-electron chi connectivity index (χ3n) is 4.71. The van der Waals surface area contributed by atoms with Crippen LogP contribution < -0.4 is 4.90 Å². The van der Waals surface area contributed by atoms with Crippen LogP contribution in [0.1, 0.15) is 41.9 Å². The topological polar surface area (TPSA) is 72.9 Å². The van der Waals surface area contributed by atoms with Crippen LogP contribution in [0, 0.1) is 20.8 Å². The molecule has 0 amide bonds.